The van der Waals surface area contributed by atoms with E-state index in [1.807, 2.05) is 41.5 Å². The Labute approximate surface area is 137 Å². The molecule has 21 heavy (non-hydrogen) atoms. The molecule has 0 fully saturated rings. The molecule has 0 bridgehead atoms. The Morgan fingerprint density at radius 3 is 1.57 bits per heavy atom. The van der Waals surface area contributed by atoms with Gasteiger partial charge in [-0.25, -0.2) is 0 Å². The minimum absolute atomic E-state index is 0. The van der Waals surface area contributed by atoms with Crippen LogP contribution in [0.2, 0.25) is 0 Å². The van der Waals surface area contributed by atoms with Crippen LogP contribution in [0, 0.1) is 0 Å². The second-order valence-corrected chi connectivity index (χ2v) is 8.85. The van der Waals surface area contributed by atoms with E-state index in [0.29, 0.717) is 16.7 Å². The van der Waals surface area contributed by atoms with Gasteiger partial charge >= 0.3 is 17.4 Å². The van der Waals surface area contributed by atoms with Gasteiger partial charge in [-0.2, -0.15) is 0 Å². The minimum Gasteiger partial charge on any atom is -0.810 e. The zero-order chi connectivity index (χ0) is 15.9. The minimum atomic E-state index is -4.63. The number of hydrogen-bond acceptors (Lipinski definition) is 4. The molecule has 0 spiro atoms. The Morgan fingerprint density at radius 2 is 1.33 bits per heavy atom. The predicted molar refractivity (Wildman–Crippen MR) is 82.6 cm³/mol. The van der Waals surface area contributed by atoms with Gasteiger partial charge in [0.25, 0.3) is 0 Å². The summed E-state index contributed by atoms with van der Waals surface area (Å²) in [6.45, 7) is 11.6. The van der Waals surface area contributed by atoms with Crippen LogP contribution in [0.3, 0.4) is 0 Å². The molecule has 0 amide bonds. The van der Waals surface area contributed by atoms with Crippen LogP contribution >= 0.6 is 7.60 Å². The van der Waals surface area contributed by atoms with Gasteiger partial charge in [0.1, 0.15) is 5.75 Å². The molecule has 114 valence electrons. The van der Waals surface area contributed by atoms with Gasteiger partial charge in [-0.1, -0.05) is 61.3 Å². The Balaban J connectivity index is 0.00000400. The number of hydrogen-bond donors (Lipinski definition) is 1. The second-order valence-electron chi connectivity index (χ2n) is 7.31. The third kappa shape index (κ3) is 5.77. The number of phenols is 1. The van der Waals surface area contributed by atoms with E-state index in [1.54, 1.807) is 12.1 Å². The van der Waals surface area contributed by atoms with Gasteiger partial charge in [0.2, 0.25) is 0 Å². The summed E-state index contributed by atoms with van der Waals surface area (Å²) in [5.41, 5.74) is 1.08. The molecule has 1 N–H and O–H groups in total. The molecular formula is C15H23AlO4P+. The maximum absolute atomic E-state index is 11.0. The Kier molecular flexibility index (Phi) is 6.35. The van der Waals surface area contributed by atoms with Crippen LogP contribution in [0.15, 0.2) is 12.1 Å². The van der Waals surface area contributed by atoms with E-state index >= 15 is 0 Å². The Hall–Kier alpha value is -0.298. The predicted octanol–water partition coefficient (Wildman–Crippen LogP) is 2.02. The molecule has 6 heteroatoms. The van der Waals surface area contributed by atoms with E-state index in [2.05, 4.69) is 0 Å². The van der Waals surface area contributed by atoms with E-state index in [0.717, 1.165) is 0 Å². The SMILES string of the molecule is CC(C)(C)c1cc(CP(=O)([O-])[O-])cc(C(C)(C)C)c1O.[Al+3]. The standard InChI is InChI=1S/C15H25O4P.Al/c1-14(2,3)11-7-10(9-20(17,18)19)8-12(13(11)16)15(4,5)6;/h7-8,16H,9H2,1-6H3,(H2,17,18,19);/q;+3/p-2. The first-order chi connectivity index (χ1) is 8.72. The van der Waals surface area contributed by atoms with Crippen LogP contribution in [0.25, 0.3) is 0 Å². The Morgan fingerprint density at radius 1 is 1.00 bits per heavy atom. The van der Waals surface area contributed by atoms with Crippen LogP contribution in [0.5, 0.6) is 5.75 Å². The molecule has 0 atom stereocenters. The quantitative estimate of drug-likeness (QED) is 0.666. The summed E-state index contributed by atoms with van der Waals surface area (Å²) in [5, 5.41) is 10.5. The Bertz CT molecular complexity index is 515. The van der Waals surface area contributed by atoms with E-state index < -0.39 is 13.8 Å². The van der Waals surface area contributed by atoms with Crippen molar-refractivity contribution in [2.75, 3.05) is 0 Å². The molecule has 0 aromatic heterocycles. The number of benzene rings is 1. The number of phenolic OH excluding ortho intramolecular Hbond substituents is 1. The van der Waals surface area contributed by atoms with Gasteiger partial charge in [0.05, 0.1) is 0 Å². The van der Waals surface area contributed by atoms with Crippen molar-refractivity contribution in [3.8, 4) is 5.75 Å². The average molecular weight is 325 g/mol. The van der Waals surface area contributed by atoms with Crippen LogP contribution < -0.4 is 9.79 Å². The fraction of sp³-hybridized carbons (Fsp3) is 0.600. The van der Waals surface area contributed by atoms with Crippen molar-refractivity contribution >= 4 is 25.0 Å². The van der Waals surface area contributed by atoms with Gasteiger partial charge < -0.3 is 19.5 Å². The van der Waals surface area contributed by atoms with Crippen LogP contribution in [0.4, 0.5) is 0 Å². The van der Waals surface area contributed by atoms with E-state index in [9.17, 15) is 19.5 Å². The van der Waals surface area contributed by atoms with Gasteiger partial charge in [0.15, 0.2) is 0 Å². The molecule has 1 aromatic rings. The molecule has 0 aliphatic rings. The van der Waals surface area contributed by atoms with Crippen molar-refractivity contribution in [2.24, 2.45) is 0 Å². The average Bonchev–Trinajstić information content (AvgIpc) is 2.14. The zero-order valence-electron chi connectivity index (χ0n) is 13.6. The maximum Gasteiger partial charge on any atom is 3.00 e. The fourth-order valence-electron chi connectivity index (χ4n) is 2.15. The largest absolute Gasteiger partial charge is 3.00 e. The number of aromatic hydroxyl groups is 1. The van der Waals surface area contributed by atoms with Gasteiger partial charge in [0, 0.05) is 6.16 Å². The van der Waals surface area contributed by atoms with Gasteiger partial charge in [-0.15, -0.1) is 0 Å². The molecule has 0 radical (unpaired) electrons. The van der Waals surface area contributed by atoms with Crippen molar-refractivity contribution in [1.29, 1.82) is 0 Å². The fourth-order valence-corrected chi connectivity index (χ4v) is 2.78. The molecule has 0 heterocycles. The van der Waals surface area contributed by atoms with Crippen molar-refractivity contribution in [3.63, 3.8) is 0 Å². The van der Waals surface area contributed by atoms with Crippen LogP contribution in [-0.2, 0) is 21.6 Å². The topological polar surface area (TPSA) is 83.4 Å². The third-order valence-corrected chi connectivity index (χ3v) is 3.91. The zero-order valence-corrected chi connectivity index (χ0v) is 15.6. The molecule has 1 rings (SSSR count). The van der Waals surface area contributed by atoms with E-state index in [-0.39, 0.29) is 33.9 Å². The summed E-state index contributed by atoms with van der Waals surface area (Å²) in [6.07, 6.45) is -0.528. The third-order valence-electron chi connectivity index (χ3n) is 3.16. The summed E-state index contributed by atoms with van der Waals surface area (Å²) in [5.74, 6) is 0.181. The molecule has 0 saturated carbocycles. The summed E-state index contributed by atoms with van der Waals surface area (Å²) in [6, 6.07) is 3.24. The molecule has 0 unspecified atom stereocenters. The molecule has 4 nitrogen and oxygen atoms in total. The van der Waals surface area contributed by atoms with Gasteiger partial charge in [-0.3, -0.25) is 0 Å². The van der Waals surface area contributed by atoms with Crippen LogP contribution in [-0.4, -0.2) is 22.5 Å². The first-order valence-electron chi connectivity index (χ1n) is 6.60. The van der Waals surface area contributed by atoms with Crippen molar-refractivity contribution in [1.82, 2.24) is 0 Å². The second kappa shape index (κ2) is 6.44. The molecule has 0 saturated heterocycles. The van der Waals surface area contributed by atoms with E-state index in [4.69, 9.17) is 0 Å². The summed E-state index contributed by atoms with van der Waals surface area (Å²) >= 11 is 0. The molecular weight excluding hydrogens is 302 g/mol. The van der Waals surface area contributed by atoms with Crippen LogP contribution in [0.1, 0.15) is 58.2 Å². The smallest absolute Gasteiger partial charge is 0.810 e. The first kappa shape index (κ1) is 20.7. The summed E-state index contributed by atoms with van der Waals surface area (Å²) in [7, 11) is -4.63. The summed E-state index contributed by atoms with van der Waals surface area (Å²) < 4.78 is 11.0. The monoisotopic (exact) mass is 325 g/mol. The number of rotatable bonds is 2. The van der Waals surface area contributed by atoms with Crippen molar-refractivity contribution in [2.45, 2.75) is 58.5 Å². The maximum atomic E-state index is 11.0. The molecule has 0 aliphatic carbocycles. The molecule has 0 aliphatic heterocycles. The first-order valence-corrected chi connectivity index (χ1v) is 8.32. The molecule has 1 aromatic carbocycles. The summed E-state index contributed by atoms with van der Waals surface area (Å²) in [4.78, 5) is 22.0. The van der Waals surface area contributed by atoms with E-state index in [1.165, 1.54) is 0 Å². The van der Waals surface area contributed by atoms with Crippen molar-refractivity contribution in [3.05, 3.63) is 28.8 Å². The van der Waals surface area contributed by atoms with Gasteiger partial charge in [-0.05, 0) is 27.5 Å². The van der Waals surface area contributed by atoms with Crippen molar-refractivity contribution < 1.29 is 19.5 Å². The normalized spacial score (nSPS) is 13.0.